The number of hydrogen-bond acceptors (Lipinski definition) is 6. The molecule has 0 N–H and O–H groups in total. The third-order valence-electron chi connectivity index (χ3n) is 4.69. The molecule has 0 bridgehead atoms. The average Bonchev–Trinajstić information content (AvgIpc) is 3.34. The van der Waals surface area contributed by atoms with Gasteiger partial charge in [-0.3, -0.25) is 0 Å². The van der Waals surface area contributed by atoms with Gasteiger partial charge < -0.3 is 9.09 Å². The van der Waals surface area contributed by atoms with E-state index in [1.165, 1.54) is 18.4 Å². The molecule has 1 aliphatic rings. The van der Waals surface area contributed by atoms with Crippen LogP contribution in [0.1, 0.15) is 36.0 Å². The maximum absolute atomic E-state index is 5.40. The molecule has 0 saturated heterocycles. The van der Waals surface area contributed by atoms with Crippen LogP contribution in [-0.2, 0) is 12.3 Å². The van der Waals surface area contributed by atoms with Crippen LogP contribution >= 0.6 is 11.8 Å². The highest BCUT2D eigenvalue weighted by Gasteiger charge is 2.30. The van der Waals surface area contributed by atoms with Crippen LogP contribution in [0.4, 0.5) is 0 Å². The van der Waals surface area contributed by atoms with E-state index in [1.807, 2.05) is 36.4 Å². The maximum Gasteiger partial charge on any atom is 0.257 e. The molecule has 0 spiro atoms. The zero-order valence-electron chi connectivity index (χ0n) is 15.2. The second-order valence-corrected chi connectivity index (χ2v) is 7.80. The summed E-state index contributed by atoms with van der Waals surface area (Å²) in [4.78, 5) is 4.51. The first-order valence-electron chi connectivity index (χ1n) is 9.34. The van der Waals surface area contributed by atoms with Crippen molar-refractivity contribution in [2.24, 2.45) is 0 Å². The van der Waals surface area contributed by atoms with Crippen molar-refractivity contribution in [3.63, 3.8) is 0 Å². The van der Waals surface area contributed by atoms with Gasteiger partial charge in [-0.2, -0.15) is 4.98 Å². The Labute approximate surface area is 167 Å². The molecule has 0 amide bonds. The number of rotatable bonds is 7. The van der Waals surface area contributed by atoms with Gasteiger partial charge in [0.05, 0.1) is 12.3 Å². The zero-order chi connectivity index (χ0) is 18.8. The van der Waals surface area contributed by atoms with Crippen molar-refractivity contribution in [2.75, 3.05) is 0 Å². The Morgan fingerprint density at radius 3 is 2.46 bits per heavy atom. The van der Waals surface area contributed by atoms with Crippen molar-refractivity contribution in [3.05, 3.63) is 77.9 Å². The summed E-state index contributed by atoms with van der Waals surface area (Å²) >= 11 is 1.60. The summed E-state index contributed by atoms with van der Waals surface area (Å²) in [6, 6.07) is 20.2. The van der Waals surface area contributed by atoms with Crippen molar-refractivity contribution < 1.29 is 4.52 Å². The first kappa shape index (κ1) is 17.2. The summed E-state index contributed by atoms with van der Waals surface area (Å²) in [5.74, 6) is 3.42. The van der Waals surface area contributed by atoms with Crippen LogP contribution in [0.15, 0.2) is 70.3 Å². The lowest BCUT2D eigenvalue weighted by atomic mass is 10.2. The highest BCUT2D eigenvalue weighted by Crippen LogP contribution is 2.40. The molecule has 140 valence electrons. The molecule has 4 aromatic rings. The normalized spacial score (nSPS) is 13.7. The molecular weight excluding hydrogens is 370 g/mol. The molecule has 1 fully saturated rings. The van der Waals surface area contributed by atoms with Crippen LogP contribution in [0.25, 0.3) is 11.5 Å². The second kappa shape index (κ2) is 7.59. The van der Waals surface area contributed by atoms with Crippen LogP contribution in [-0.4, -0.2) is 24.9 Å². The molecule has 28 heavy (non-hydrogen) atoms. The molecule has 5 rings (SSSR count). The minimum Gasteiger partial charge on any atom is -0.334 e. The van der Waals surface area contributed by atoms with Gasteiger partial charge in [0.25, 0.3) is 5.89 Å². The fourth-order valence-corrected chi connectivity index (χ4v) is 3.89. The monoisotopic (exact) mass is 389 g/mol. The van der Waals surface area contributed by atoms with E-state index in [0.717, 1.165) is 23.1 Å². The molecule has 7 heteroatoms. The first-order chi connectivity index (χ1) is 13.9. The SMILES string of the molecule is c1ccc(Cn2c(SCc3noc(-c4ccccc4)n3)nnc2C2CC2)cc1. The lowest BCUT2D eigenvalue weighted by Crippen LogP contribution is -2.06. The van der Waals surface area contributed by atoms with Gasteiger partial charge >= 0.3 is 0 Å². The quantitative estimate of drug-likeness (QED) is 0.432. The molecule has 1 aliphatic carbocycles. The molecular formula is C21H19N5OS. The lowest BCUT2D eigenvalue weighted by molar-refractivity contribution is 0.425. The third kappa shape index (κ3) is 3.71. The molecule has 0 radical (unpaired) electrons. The van der Waals surface area contributed by atoms with Gasteiger partial charge in [-0.1, -0.05) is 65.4 Å². The lowest BCUT2D eigenvalue weighted by Gasteiger charge is -2.09. The van der Waals surface area contributed by atoms with E-state index in [-0.39, 0.29) is 0 Å². The summed E-state index contributed by atoms with van der Waals surface area (Å²) in [6.07, 6.45) is 2.39. The summed E-state index contributed by atoms with van der Waals surface area (Å²) in [6.45, 7) is 0.781. The highest BCUT2D eigenvalue weighted by molar-refractivity contribution is 7.98. The topological polar surface area (TPSA) is 69.6 Å². The average molecular weight is 389 g/mol. The standard InChI is InChI=1S/C21H19N5OS/c1-3-7-15(8-4-1)13-26-19(16-11-12-16)23-24-21(26)28-14-18-22-20(27-25-18)17-9-5-2-6-10-17/h1-10,16H,11-14H2. The third-order valence-corrected chi connectivity index (χ3v) is 5.65. The predicted octanol–water partition coefficient (Wildman–Crippen LogP) is 4.55. The van der Waals surface area contributed by atoms with Crippen LogP contribution < -0.4 is 0 Å². The summed E-state index contributed by atoms with van der Waals surface area (Å²) in [5, 5.41) is 13.9. The predicted molar refractivity (Wildman–Crippen MR) is 107 cm³/mol. The van der Waals surface area contributed by atoms with Crippen LogP contribution in [0.2, 0.25) is 0 Å². The molecule has 2 aromatic heterocycles. The molecule has 0 atom stereocenters. The largest absolute Gasteiger partial charge is 0.334 e. The van der Waals surface area contributed by atoms with E-state index in [4.69, 9.17) is 4.52 Å². The second-order valence-electron chi connectivity index (χ2n) is 6.86. The Kier molecular flexibility index (Phi) is 4.66. The van der Waals surface area contributed by atoms with Gasteiger partial charge in [-0.25, -0.2) is 0 Å². The van der Waals surface area contributed by atoms with E-state index >= 15 is 0 Å². The Balaban J connectivity index is 1.34. The number of benzene rings is 2. The van der Waals surface area contributed by atoms with Crippen LogP contribution in [0.5, 0.6) is 0 Å². The number of nitrogens with zero attached hydrogens (tertiary/aromatic N) is 5. The number of aromatic nitrogens is 5. The van der Waals surface area contributed by atoms with Gasteiger partial charge in [-0.15, -0.1) is 10.2 Å². The van der Waals surface area contributed by atoms with E-state index in [2.05, 4.69) is 49.2 Å². The van der Waals surface area contributed by atoms with Crippen LogP contribution in [0.3, 0.4) is 0 Å². The van der Waals surface area contributed by atoms with Crippen molar-refractivity contribution in [2.45, 2.75) is 36.2 Å². The molecule has 1 saturated carbocycles. The number of thioether (sulfide) groups is 1. The Bertz CT molecular complexity index is 1060. The van der Waals surface area contributed by atoms with Gasteiger partial charge in [-0.05, 0) is 30.5 Å². The van der Waals surface area contributed by atoms with Gasteiger partial charge in [0.2, 0.25) is 0 Å². The fraction of sp³-hybridized carbons (Fsp3) is 0.238. The van der Waals surface area contributed by atoms with Gasteiger partial charge in [0.1, 0.15) is 5.82 Å². The smallest absolute Gasteiger partial charge is 0.257 e. The molecule has 0 aliphatic heterocycles. The Hall–Kier alpha value is -2.93. The maximum atomic E-state index is 5.40. The van der Waals surface area contributed by atoms with E-state index in [1.54, 1.807) is 11.8 Å². The summed E-state index contributed by atoms with van der Waals surface area (Å²) in [5.41, 5.74) is 2.17. The van der Waals surface area contributed by atoms with Crippen molar-refractivity contribution in [3.8, 4) is 11.5 Å². The zero-order valence-corrected chi connectivity index (χ0v) is 16.0. The summed E-state index contributed by atoms with van der Waals surface area (Å²) in [7, 11) is 0. The fourth-order valence-electron chi connectivity index (χ4n) is 3.10. The minimum absolute atomic E-state index is 0.542. The number of hydrogen-bond donors (Lipinski definition) is 0. The molecule has 0 unspecified atom stereocenters. The Morgan fingerprint density at radius 1 is 0.964 bits per heavy atom. The van der Waals surface area contributed by atoms with E-state index < -0.39 is 0 Å². The minimum atomic E-state index is 0.542. The first-order valence-corrected chi connectivity index (χ1v) is 10.3. The van der Waals surface area contributed by atoms with E-state index in [0.29, 0.717) is 23.4 Å². The van der Waals surface area contributed by atoms with Gasteiger partial charge in [0.15, 0.2) is 11.0 Å². The van der Waals surface area contributed by atoms with Crippen LogP contribution in [0, 0.1) is 0 Å². The van der Waals surface area contributed by atoms with E-state index in [9.17, 15) is 0 Å². The molecule has 2 aromatic carbocycles. The molecule has 2 heterocycles. The van der Waals surface area contributed by atoms with Crippen molar-refractivity contribution in [1.29, 1.82) is 0 Å². The highest BCUT2D eigenvalue weighted by atomic mass is 32.2. The Morgan fingerprint density at radius 2 is 1.71 bits per heavy atom. The van der Waals surface area contributed by atoms with Crippen molar-refractivity contribution >= 4 is 11.8 Å². The van der Waals surface area contributed by atoms with Gasteiger partial charge in [0, 0.05) is 11.5 Å². The van der Waals surface area contributed by atoms with Crippen molar-refractivity contribution in [1.82, 2.24) is 24.9 Å². The summed E-state index contributed by atoms with van der Waals surface area (Å²) < 4.78 is 7.63. The molecule has 6 nitrogen and oxygen atoms in total.